The molecule has 1 saturated heterocycles. The van der Waals surface area contributed by atoms with Gasteiger partial charge in [0.05, 0.1) is 11.8 Å². The Morgan fingerprint density at radius 1 is 1.21 bits per heavy atom. The maximum atomic E-state index is 11.8. The Labute approximate surface area is 170 Å². The van der Waals surface area contributed by atoms with Gasteiger partial charge in [-0.25, -0.2) is 12.7 Å². The van der Waals surface area contributed by atoms with E-state index >= 15 is 0 Å². The van der Waals surface area contributed by atoms with Crippen molar-refractivity contribution < 1.29 is 8.42 Å². The number of sulfonamides is 1. The quantitative estimate of drug-likeness (QED) is 0.349. The second-order valence-corrected chi connectivity index (χ2v) is 9.49. The van der Waals surface area contributed by atoms with Crippen LogP contribution >= 0.6 is 0 Å². The third kappa shape index (κ3) is 6.76. The monoisotopic (exact) mass is 409 g/mol. The van der Waals surface area contributed by atoms with E-state index in [4.69, 9.17) is 0 Å². The van der Waals surface area contributed by atoms with Crippen molar-refractivity contribution in [2.75, 3.05) is 52.6 Å². The predicted molar refractivity (Wildman–Crippen MR) is 116 cm³/mol. The van der Waals surface area contributed by atoms with E-state index in [1.165, 1.54) is 22.7 Å². The van der Waals surface area contributed by atoms with Gasteiger partial charge in [0.15, 0.2) is 5.96 Å². The summed E-state index contributed by atoms with van der Waals surface area (Å²) in [7, 11) is 0.280. The van der Waals surface area contributed by atoms with Crippen molar-refractivity contribution in [3.8, 4) is 0 Å². The summed E-state index contributed by atoms with van der Waals surface area (Å²) in [5.41, 5.74) is 1.32. The van der Waals surface area contributed by atoms with Crippen LogP contribution < -0.4 is 10.6 Å². The molecule has 0 spiro atoms. The van der Waals surface area contributed by atoms with Gasteiger partial charge in [0.25, 0.3) is 0 Å². The van der Waals surface area contributed by atoms with Gasteiger partial charge in [0.2, 0.25) is 10.0 Å². The summed E-state index contributed by atoms with van der Waals surface area (Å²) >= 11 is 0. The van der Waals surface area contributed by atoms with Gasteiger partial charge >= 0.3 is 0 Å². The fourth-order valence-electron chi connectivity index (χ4n) is 3.47. The highest BCUT2D eigenvalue weighted by molar-refractivity contribution is 7.89. The van der Waals surface area contributed by atoms with E-state index in [1.54, 1.807) is 21.0 Å². The highest BCUT2D eigenvalue weighted by atomic mass is 32.2. The average Bonchev–Trinajstić information content (AvgIpc) is 3.24. The molecule has 1 aliphatic rings. The molecule has 0 amide bonds. The third-order valence-electron chi connectivity index (χ3n) is 5.23. The SMILES string of the molecule is CCS(=O)(=O)N(C)CCCNC(=NC)NCC(c1ccccc1)N1CCCC1. The fourth-order valence-corrected chi connectivity index (χ4v) is 4.32. The molecule has 28 heavy (non-hydrogen) atoms. The minimum atomic E-state index is -3.11. The van der Waals surface area contributed by atoms with E-state index in [1.807, 2.05) is 6.07 Å². The van der Waals surface area contributed by atoms with E-state index in [-0.39, 0.29) is 5.75 Å². The lowest BCUT2D eigenvalue weighted by Crippen LogP contribution is -2.43. The molecule has 0 bridgehead atoms. The van der Waals surface area contributed by atoms with Crippen molar-refractivity contribution >= 4 is 16.0 Å². The Morgan fingerprint density at radius 3 is 2.50 bits per heavy atom. The van der Waals surface area contributed by atoms with Crippen molar-refractivity contribution in [2.45, 2.75) is 32.2 Å². The summed E-state index contributed by atoms with van der Waals surface area (Å²) in [6.45, 7) is 5.88. The van der Waals surface area contributed by atoms with Gasteiger partial charge in [-0.15, -0.1) is 0 Å². The van der Waals surface area contributed by atoms with Crippen molar-refractivity contribution in [2.24, 2.45) is 4.99 Å². The highest BCUT2D eigenvalue weighted by Crippen LogP contribution is 2.24. The van der Waals surface area contributed by atoms with Crippen molar-refractivity contribution in [1.82, 2.24) is 19.8 Å². The molecule has 2 N–H and O–H groups in total. The molecule has 2 rings (SSSR count). The number of aliphatic imine (C=N–C) groups is 1. The second-order valence-electron chi connectivity index (χ2n) is 7.13. The molecule has 1 aliphatic heterocycles. The van der Waals surface area contributed by atoms with Gasteiger partial charge < -0.3 is 10.6 Å². The summed E-state index contributed by atoms with van der Waals surface area (Å²) in [5, 5.41) is 6.73. The molecule has 8 heteroatoms. The molecule has 158 valence electrons. The number of benzene rings is 1. The van der Waals surface area contributed by atoms with Crippen LogP contribution in [0.5, 0.6) is 0 Å². The Kier molecular flexibility index (Phi) is 9.21. The van der Waals surface area contributed by atoms with Crippen LogP contribution in [0.1, 0.15) is 37.8 Å². The molecule has 0 aliphatic carbocycles. The molecule has 1 aromatic carbocycles. The molecule has 1 heterocycles. The summed E-state index contributed by atoms with van der Waals surface area (Å²) in [6.07, 6.45) is 3.24. The second kappa shape index (κ2) is 11.4. The summed E-state index contributed by atoms with van der Waals surface area (Å²) in [5.74, 6) is 0.887. The summed E-state index contributed by atoms with van der Waals surface area (Å²) in [6, 6.07) is 10.9. The maximum Gasteiger partial charge on any atom is 0.213 e. The number of hydrogen-bond acceptors (Lipinski definition) is 4. The molecular weight excluding hydrogens is 374 g/mol. The molecule has 1 fully saturated rings. The lowest BCUT2D eigenvalue weighted by Gasteiger charge is -2.29. The van der Waals surface area contributed by atoms with Gasteiger partial charge in [-0.05, 0) is 44.8 Å². The van der Waals surface area contributed by atoms with Gasteiger partial charge in [-0.2, -0.15) is 0 Å². The van der Waals surface area contributed by atoms with Crippen molar-refractivity contribution in [3.63, 3.8) is 0 Å². The minimum absolute atomic E-state index is 0.136. The standard InChI is InChI=1S/C20H35N5O2S/c1-4-28(26,27)24(3)14-10-13-22-20(21-2)23-17-19(25-15-8-9-16-25)18-11-6-5-7-12-18/h5-7,11-12,19H,4,8-10,13-17H2,1-3H3,(H2,21,22,23). The molecule has 1 atom stereocenters. The van der Waals surface area contributed by atoms with E-state index in [0.29, 0.717) is 19.1 Å². The number of likely N-dealkylation sites (tertiary alicyclic amines) is 1. The van der Waals surface area contributed by atoms with Gasteiger partial charge in [0.1, 0.15) is 0 Å². The lowest BCUT2D eigenvalue weighted by molar-refractivity contribution is 0.245. The molecule has 0 saturated carbocycles. The Balaban J connectivity index is 1.82. The van der Waals surface area contributed by atoms with Crippen molar-refractivity contribution in [1.29, 1.82) is 0 Å². The average molecular weight is 410 g/mol. The fraction of sp³-hybridized carbons (Fsp3) is 0.650. The first kappa shape index (κ1) is 22.6. The van der Waals surface area contributed by atoms with E-state index in [2.05, 4.69) is 44.8 Å². The van der Waals surface area contributed by atoms with Crippen LogP contribution in [0.4, 0.5) is 0 Å². The van der Waals surface area contributed by atoms with E-state index in [0.717, 1.165) is 32.0 Å². The van der Waals surface area contributed by atoms with Crippen LogP contribution in [-0.4, -0.2) is 76.2 Å². The van der Waals surface area contributed by atoms with Crippen molar-refractivity contribution in [3.05, 3.63) is 35.9 Å². The smallest absolute Gasteiger partial charge is 0.213 e. The van der Waals surface area contributed by atoms with Crippen LogP contribution in [0.15, 0.2) is 35.3 Å². The largest absolute Gasteiger partial charge is 0.356 e. The number of nitrogens with zero attached hydrogens (tertiary/aromatic N) is 3. The predicted octanol–water partition coefficient (Wildman–Crippen LogP) is 1.66. The van der Waals surface area contributed by atoms with Crippen LogP contribution in [0, 0.1) is 0 Å². The highest BCUT2D eigenvalue weighted by Gasteiger charge is 2.23. The summed E-state index contributed by atoms with van der Waals surface area (Å²) < 4.78 is 25.0. The number of hydrogen-bond donors (Lipinski definition) is 2. The van der Waals surface area contributed by atoms with E-state index in [9.17, 15) is 8.42 Å². The topological polar surface area (TPSA) is 77.0 Å². The Morgan fingerprint density at radius 2 is 1.89 bits per heavy atom. The maximum absolute atomic E-state index is 11.8. The number of rotatable bonds is 10. The third-order valence-corrected chi connectivity index (χ3v) is 7.10. The van der Waals surface area contributed by atoms with Crippen LogP contribution in [0.3, 0.4) is 0 Å². The number of nitrogens with one attached hydrogen (secondary N) is 2. The molecular formula is C20H35N5O2S. The zero-order valence-corrected chi connectivity index (χ0v) is 18.2. The van der Waals surface area contributed by atoms with Gasteiger partial charge in [0, 0.05) is 33.7 Å². The first-order valence-electron chi connectivity index (χ1n) is 10.2. The van der Waals surface area contributed by atoms with Crippen LogP contribution in [0.2, 0.25) is 0 Å². The molecule has 1 unspecified atom stereocenters. The van der Waals surface area contributed by atoms with E-state index < -0.39 is 10.0 Å². The van der Waals surface area contributed by atoms with Crippen LogP contribution in [-0.2, 0) is 10.0 Å². The van der Waals surface area contributed by atoms with Gasteiger partial charge in [-0.3, -0.25) is 9.89 Å². The minimum Gasteiger partial charge on any atom is -0.356 e. The Hall–Kier alpha value is -1.64. The zero-order chi connectivity index (χ0) is 20.4. The Bertz CT molecular complexity index is 703. The lowest BCUT2D eigenvalue weighted by atomic mass is 10.1. The molecule has 0 radical (unpaired) electrons. The first-order valence-corrected chi connectivity index (χ1v) is 11.8. The summed E-state index contributed by atoms with van der Waals surface area (Å²) in [4.78, 5) is 6.83. The zero-order valence-electron chi connectivity index (χ0n) is 17.4. The first-order chi connectivity index (χ1) is 13.5. The van der Waals surface area contributed by atoms with Crippen LogP contribution in [0.25, 0.3) is 0 Å². The molecule has 0 aromatic heterocycles. The number of guanidine groups is 1. The molecule has 7 nitrogen and oxygen atoms in total. The van der Waals surface area contributed by atoms with Gasteiger partial charge in [-0.1, -0.05) is 30.3 Å². The normalized spacial score (nSPS) is 17.1. The molecule has 1 aromatic rings.